The summed E-state index contributed by atoms with van der Waals surface area (Å²) in [5.74, 6) is -0.269. The molecule has 6 heteroatoms. The molecule has 92 valence electrons. The van der Waals surface area contributed by atoms with Crippen LogP contribution >= 0.6 is 0 Å². The van der Waals surface area contributed by atoms with Crippen LogP contribution in [-0.4, -0.2) is 79.9 Å². The normalized spacial score (nSPS) is 18.3. The third-order valence-corrected chi connectivity index (χ3v) is 2.79. The van der Waals surface area contributed by atoms with Crippen molar-refractivity contribution in [3.05, 3.63) is 0 Å². The van der Waals surface area contributed by atoms with Gasteiger partial charge in [0.25, 0.3) is 0 Å². The Morgan fingerprint density at radius 3 is 2.38 bits per heavy atom. The first-order valence-corrected chi connectivity index (χ1v) is 5.50. The molecule has 1 fully saturated rings. The number of nitrogens with two attached hydrogens (primary N) is 1. The van der Waals surface area contributed by atoms with Crippen LogP contribution in [-0.2, 0) is 9.59 Å². The summed E-state index contributed by atoms with van der Waals surface area (Å²) in [7, 11) is 1.77. The quantitative estimate of drug-likeness (QED) is 0.543. The zero-order valence-electron chi connectivity index (χ0n) is 9.76. The second kappa shape index (κ2) is 6.44. The monoisotopic (exact) mass is 228 g/mol. The van der Waals surface area contributed by atoms with Crippen molar-refractivity contribution in [1.82, 2.24) is 14.7 Å². The Morgan fingerprint density at radius 2 is 1.88 bits per heavy atom. The van der Waals surface area contributed by atoms with Crippen LogP contribution < -0.4 is 5.73 Å². The Bertz CT molecular complexity index is 239. The van der Waals surface area contributed by atoms with Gasteiger partial charge in [0, 0.05) is 46.3 Å². The van der Waals surface area contributed by atoms with Crippen LogP contribution in [0.15, 0.2) is 0 Å². The fraction of sp³-hybridized carbons (Fsp3) is 0.800. The first kappa shape index (κ1) is 12.9. The van der Waals surface area contributed by atoms with E-state index in [9.17, 15) is 9.59 Å². The molecule has 0 spiro atoms. The number of rotatable bonds is 6. The molecule has 2 amide bonds. The van der Waals surface area contributed by atoms with E-state index in [4.69, 9.17) is 5.73 Å². The van der Waals surface area contributed by atoms with Crippen LogP contribution in [0.3, 0.4) is 0 Å². The molecule has 0 bridgehead atoms. The average molecular weight is 228 g/mol. The van der Waals surface area contributed by atoms with Crippen LogP contribution in [0.5, 0.6) is 0 Å². The van der Waals surface area contributed by atoms with Crippen molar-refractivity contribution in [2.24, 2.45) is 5.73 Å². The summed E-state index contributed by atoms with van der Waals surface area (Å²) in [6.45, 7) is 5.59. The number of carbonyl (C=O) groups is 2. The minimum absolute atomic E-state index is 0.269. The van der Waals surface area contributed by atoms with Crippen molar-refractivity contribution in [1.29, 1.82) is 0 Å². The molecule has 0 atom stereocenters. The lowest BCUT2D eigenvalue weighted by Crippen LogP contribution is -2.50. The van der Waals surface area contributed by atoms with E-state index in [1.807, 2.05) is 0 Å². The molecule has 0 unspecified atom stereocenters. The van der Waals surface area contributed by atoms with E-state index in [1.165, 1.54) is 0 Å². The summed E-state index contributed by atoms with van der Waals surface area (Å²) in [6, 6.07) is 0. The fourth-order valence-corrected chi connectivity index (χ4v) is 1.74. The third-order valence-electron chi connectivity index (χ3n) is 2.79. The molecule has 1 aliphatic heterocycles. The molecular formula is C10H20N4O2. The summed E-state index contributed by atoms with van der Waals surface area (Å²) >= 11 is 0. The molecule has 2 N–H and O–H groups in total. The average Bonchev–Trinajstić information content (AvgIpc) is 2.27. The van der Waals surface area contributed by atoms with E-state index in [1.54, 1.807) is 11.9 Å². The van der Waals surface area contributed by atoms with Gasteiger partial charge in [-0.1, -0.05) is 0 Å². The van der Waals surface area contributed by atoms with Crippen molar-refractivity contribution in [2.75, 3.05) is 52.9 Å². The van der Waals surface area contributed by atoms with E-state index in [0.717, 1.165) is 45.7 Å². The van der Waals surface area contributed by atoms with Gasteiger partial charge in [-0.3, -0.25) is 19.4 Å². The largest absolute Gasteiger partial charge is 0.369 e. The smallest absolute Gasteiger partial charge is 0.231 e. The predicted octanol–water partition coefficient (Wildman–Crippen LogP) is -1.82. The zero-order valence-corrected chi connectivity index (χ0v) is 9.76. The van der Waals surface area contributed by atoms with Crippen molar-refractivity contribution in [2.45, 2.75) is 0 Å². The number of hydrogen-bond donors (Lipinski definition) is 1. The molecule has 1 aliphatic rings. The summed E-state index contributed by atoms with van der Waals surface area (Å²) in [6.07, 6.45) is 0.837. The maximum absolute atomic E-state index is 10.7. The van der Waals surface area contributed by atoms with Gasteiger partial charge in [0.05, 0.1) is 6.54 Å². The van der Waals surface area contributed by atoms with Gasteiger partial charge in [-0.25, -0.2) is 0 Å². The molecule has 6 nitrogen and oxygen atoms in total. The lowest BCUT2D eigenvalue weighted by molar-refractivity contribution is -0.120. The highest BCUT2D eigenvalue weighted by atomic mass is 16.1. The summed E-state index contributed by atoms with van der Waals surface area (Å²) in [5, 5.41) is 0. The van der Waals surface area contributed by atoms with Gasteiger partial charge in [0.1, 0.15) is 0 Å². The number of primary amides is 1. The molecule has 0 aromatic heterocycles. The van der Waals surface area contributed by atoms with Gasteiger partial charge in [-0.2, -0.15) is 0 Å². The second-order valence-corrected chi connectivity index (χ2v) is 4.17. The summed E-state index contributed by atoms with van der Waals surface area (Å²) < 4.78 is 0. The van der Waals surface area contributed by atoms with Gasteiger partial charge in [-0.15, -0.1) is 0 Å². The SMILES string of the molecule is CN(C=O)CCN1CCN(CC(N)=O)CC1. The fourth-order valence-electron chi connectivity index (χ4n) is 1.74. The molecule has 1 heterocycles. The Balaban J connectivity index is 2.16. The Hall–Kier alpha value is -1.14. The van der Waals surface area contributed by atoms with Crippen LogP contribution in [0.2, 0.25) is 0 Å². The van der Waals surface area contributed by atoms with E-state index in [0.29, 0.717) is 6.54 Å². The van der Waals surface area contributed by atoms with Crippen molar-refractivity contribution < 1.29 is 9.59 Å². The van der Waals surface area contributed by atoms with E-state index in [2.05, 4.69) is 9.80 Å². The van der Waals surface area contributed by atoms with Gasteiger partial charge in [0.2, 0.25) is 12.3 Å². The number of amides is 2. The molecule has 0 radical (unpaired) electrons. The first-order valence-electron chi connectivity index (χ1n) is 5.50. The van der Waals surface area contributed by atoms with Gasteiger partial charge in [-0.05, 0) is 0 Å². The first-order chi connectivity index (χ1) is 7.61. The minimum atomic E-state index is -0.269. The van der Waals surface area contributed by atoms with Gasteiger partial charge in [0.15, 0.2) is 0 Å². The predicted molar refractivity (Wildman–Crippen MR) is 60.8 cm³/mol. The second-order valence-electron chi connectivity index (χ2n) is 4.17. The Morgan fingerprint density at radius 1 is 1.31 bits per heavy atom. The molecule has 0 aliphatic carbocycles. The van der Waals surface area contributed by atoms with Crippen LogP contribution in [0.4, 0.5) is 0 Å². The molecular weight excluding hydrogens is 208 g/mol. The molecule has 0 saturated carbocycles. The van der Waals surface area contributed by atoms with E-state index >= 15 is 0 Å². The molecule has 0 aromatic carbocycles. The zero-order chi connectivity index (χ0) is 12.0. The summed E-state index contributed by atoms with van der Waals surface area (Å²) in [5.41, 5.74) is 5.13. The maximum atomic E-state index is 10.7. The number of piperazine rings is 1. The maximum Gasteiger partial charge on any atom is 0.231 e. The van der Waals surface area contributed by atoms with E-state index < -0.39 is 0 Å². The van der Waals surface area contributed by atoms with E-state index in [-0.39, 0.29) is 5.91 Å². The Kier molecular flexibility index (Phi) is 5.21. The molecule has 0 aromatic rings. The van der Waals surface area contributed by atoms with Crippen molar-refractivity contribution in [3.8, 4) is 0 Å². The molecule has 16 heavy (non-hydrogen) atoms. The third kappa shape index (κ3) is 4.59. The molecule has 1 rings (SSSR count). The highest BCUT2D eigenvalue weighted by molar-refractivity contribution is 5.75. The van der Waals surface area contributed by atoms with Crippen molar-refractivity contribution in [3.63, 3.8) is 0 Å². The van der Waals surface area contributed by atoms with Gasteiger partial charge >= 0.3 is 0 Å². The minimum Gasteiger partial charge on any atom is -0.369 e. The van der Waals surface area contributed by atoms with Crippen molar-refractivity contribution >= 4 is 12.3 Å². The number of carbonyl (C=O) groups excluding carboxylic acids is 2. The number of nitrogens with zero attached hydrogens (tertiary/aromatic N) is 3. The number of likely N-dealkylation sites (N-methyl/N-ethyl adjacent to an activating group) is 1. The van der Waals surface area contributed by atoms with Crippen LogP contribution in [0.25, 0.3) is 0 Å². The highest BCUT2D eigenvalue weighted by Crippen LogP contribution is 2.00. The number of hydrogen-bond acceptors (Lipinski definition) is 4. The topological polar surface area (TPSA) is 69.9 Å². The Labute approximate surface area is 96.0 Å². The summed E-state index contributed by atoms with van der Waals surface area (Å²) in [4.78, 5) is 27.1. The lowest BCUT2D eigenvalue weighted by atomic mass is 10.3. The lowest BCUT2D eigenvalue weighted by Gasteiger charge is -2.34. The van der Waals surface area contributed by atoms with Crippen LogP contribution in [0.1, 0.15) is 0 Å². The highest BCUT2D eigenvalue weighted by Gasteiger charge is 2.17. The van der Waals surface area contributed by atoms with Crippen LogP contribution in [0, 0.1) is 0 Å². The van der Waals surface area contributed by atoms with Gasteiger partial charge < -0.3 is 10.6 Å². The standard InChI is InChI=1S/C10H20N4O2/c1-12(9-15)2-3-13-4-6-14(7-5-13)8-10(11)16/h9H,2-8H2,1H3,(H2,11,16). The molecule has 1 saturated heterocycles.